The number of benzene rings is 2. The molecule has 1 heterocycles. The van der Waals surface area contributed by atoms with E-state index in [1.807, 2.05) is 49.9 Å². The Labute approximate surface area is 361 Å². The van der Waals surface area contributed by atoms with Gasteiger partial charge in [-0.15, -0.1) is 0 Å². The average molecular weight is 891 g/mol. The monoisotopic (exact) mass is 890 g/mol. The number of ether oxygens (including phenoxy) is 2. The maximum atomic E-state index is 12.6. The maximum Gasteiger partial charge on any atom is 0.411 e. The quantitative estimate of drug-likeness (QED) is 0.126. The zero-order valence-electron chi connectivity index (χ0n) is 37.5. The molecule has 0 saturated carbocycles. The van der Waals surface area contributed by atoms with Crippen LogP contribution in [-0.4, -0.2) is 84.9 Å². The van der Waals surface area contributed by atoms with Crippen molar-refractivity contribution in [2.75, 3.05) is 19.5 Å². The van der Waals surface area contributed by atoms with E-state index in [0.29, 0.717) is 12.2 Å². The van der Waals surface area contributed by atoms with Crippen LogP contribution in [0.15, 0.2) is 60.7 Å². The highest BCUT2D eigenvalue weighted by Crippen LogP contribution is 2.46. The van der Waals surface area contributed by atoms with Gasteiger partial charge in [-0.3, -0.25) is 9.08 Å². The molecule has 1 aliphatic heterocycles. The van der Waals surface area contributed by atoms with Crippen LogP contribution in [0.1, 0.15) is 106 Å². The summed E-state index contributed by atoms with van der Waals surface area (Å²) in [6.07, 6.45) is -0.893. The first-order valence-corrected chi connectivity index (χ1v) is 26.6. The number of nitrogens with one attached hydrogen (secondary N) is 1. The van der Waals surface area contributed by atoms with Gasteiger partial charge in [-0.2, -0.15) is 35.4 Å². The topological polar surface area (TPSA) is 129 Å². The molecular formula is C41H74N2O9S3Si2. The van der Waals surface area contributed by atoms with E-state index in [9.17, 15) is 18.0 Å². The lowest BCUT2D eigenvalue weighted by molar-refractivity contribution is 0.0379. The summed E-state index contributed by atoms with van der Waals surface area (Å²) in [5.41, 5.74) is 0.556. The summed E-state index contributed by atoms with van der Waals surface area (Å²) in [6, 6.07) is 18.4. The van der Waals surface area contributed by atoms with Crippen molar-refractivity contribution in [1.29, 1.82) is 0 Å². The zero-order chi connectivity index (χ0) is 42.4. The Morgan fingerprint density at radius 3 is 1.58 bits per heavy atom. The summed E-state index contributed by atoms with van der Waals surface area (Å²) in [6.45, 7) is 33.3. The molecule has 4 atom stereocenters. The van der Waals surface area contributed by atoms with Crippen LogP contribution in [0.3, 0.4) is 0 Å². The van der Waals surface area contributed by atoms with Gasteiger partial charge in [0.1, 0.15) is 17.3 Å². The molecule has 1 saturated heterocycles. The van der Waals surface area contributed by atoms with E-state index in [-0.39, 0.29) is 61.9 Å². The molecule has 0 bridgehead atoms. The SMILES string of the molecule is CC(C)(C)OC(=O)N1[C@H](CO[Si](C)(C)C(C)(C)C)[C@@H]1c1ccccc1.CC(C)(C)OC(=O)N[C@H](CO[Si](C)(C)C(C)(C)C)[C@H](OS(C)(=O)=O)c1ccccc1.S.S. The molecule has 1 fully saturated rings. The number of hydrogen-bond acceptors (Lipinski definition) is 9. The first-order chi connectivity index (χ1) is 24.7. The molecule has 2 amide bonds. The Bertz CT molecular complexity index is 1650. The number of nitrogens with zero attached hydrogens (tertiary/aromatic N) is 1. The predicted molar refractivity (Wildman–Crippen MR) is 246 cm³/mol. The molecular weight excluding hydrogens is 817 g/mol. The van der Waals surface area contributed by atoms with Gasteiger partial charge < -0.3 is 23.6 Å². The molecule has 1 N–H and O–H groups in total. The molecule has 57 heavy (non-hydrogen) atoms. The van der Waals surface area contributed by atoms with E-state index in [4.69, 9.17) is 22.5 Å². The van der Waals surface area contributed by atoms with Crippen LogP contribution in [0.2, 0.25) is 36.3 Å². The lowest BCUT2D eigenvalue weighted by atomic mass is 10.0. The van der Waals surface area contributed by atoms with E-state index in [0.717, 1.165) is 11.8 Å². The summed E-state index contributed by atoms with van der Waals surface area (Å²) < 4.78 is 53.0. The first kappa shape index (κ1) is 54.9. The average Bonchev–Trinajstić information content (AvgIpc) is 3.74. The molecule has 16 heteroatoms. The second-order valence-corrected chi connectivity index (χ2v) is 30.6. The summed E-state index contributed by atoms with van der Waals surface area (Å²) in [4.78, 5) is 26.9. The Morgan fingerprint density at radius 2 is 1.16 bits per heavy atom. The molecule has 0 spiro atoms. The molecule has 0 aliphatic carbocycles. The molecule has 11 nitrogen and oxygen atoms in total. The van der Waals surface area contributed by atoms with Gasteiger partial charge in [0, 0.05) is 0 Å². The van der Waals surface area contributed by atoms with Crippen molar-refractivity contribution in [1.82, 2.24) is 10.2 Å². The van der Waals surface area contributed by atoms with Gasteiger partial charge in [0.15, 0.2) is 16.6 Å². The van der Waals surface area contributed by atoms with Crippen LogP contribution in [0.25, 0.3) is 0 Å². The van der Waals surface area contributed by atoms with Crippen molar-refractivity contribution < 1.29 is 40.5 Å². The van der Waals surface area contributed by atoms with E-state index >= 15 is 0 Å². The molecule has 328 valence electrons. The number of hydrogen-bond donors (Lipinski definition) is 1. The summed E-state index contributed by atoms with van der Waals surface area (Å²) in [5.74, 6) is 0. The van der Waals surface area contributed by atoms with Gasteiger partial charge in [0.2, 0.25) is 0 Å². The molecule has 0 aromatic heterocycles. The van der Waals surface area contributed by atoms with Crippen molar-refractivity contribution in [2.45, 2.75) is 155 Å². The molecule has 0 unspecified atom stereocenters. The molecule has 0 radical (unpaired) electrons. The van der Waals surface area contributed by atoms with Crippen LogP contribution in [0.5, 0.6) is 0 Å². The fourth-order valence-electron chi connectivity index (χ4n) is 4.92. The standard InChI is InChI=1S/C21H37NO6SSi.C20H33NO3Si.2H2S/c1-20(2,3)27-19(23)22-17(15-26-30(8,9)21(4,5)6)18(28-29(7,24)25)16-13-11-10-12-14-16;1-19(2,3)24-18(22)21-16(14-23-25(7,8)20(4,5)6)17(21)15-12-10-9-11-13-15;;/h10-14,17-18H,15H2,1-9H3,(H,22,23);9-13,16-17H,14H2,1-8H3;2*1H2/t17-,18-;16-,17+,21?;;/m11../s1. The zero-order valence-corrected chi connectivity index (χ0v) is 42.3. The second kappa shape index (κ2) is 21.0. The van der Waals surface area contributed by atoms with Gasteiger partial charge in [0.25, 0.3) is 10.1 Å². The highest BCUT2D eigenvalue weighted by molar-refractivity contribution is 7.86. The van der Waals surface area contributed by atoms with Crippen LogP contribution in [0, 0.1) is 0 Å². The second-order valence-electron chi connectivity index (χ2n) is 19.3. The largest absolute Gasteiger partial charge is 0.444 e. The van der Waals surface area contributed by atoms with E-state index in [1.165, 1.54) is 0 Å². The lowest BCUT2D eigenvalue weighted by Crippen LogP contribution is -2.50. The number of carbonyl (C=O) groups is 2. The van der Waals surface area contributed by atoms with Crippen LogP contribution in [-0.2, 0) is 32.6 Å². The van der Waals surface area contributed by atoms with Crippen molar-refractivity contribution in [2.24, 2.45) is 0 Å². The Balaban J connectivity index is 0.00000108. The summed E-state index contributed by atoms with van der Waals surface area (Å²) in [7, 11) is -7.82. The van der Waals surface area contributed by atoms with E-state index in [2.05, 4.69) is 85.2 Å². The predicted octanol–water partition coefficient (Wildman–Crippen LogP) is 10.2. The van der Waals surface area contributed by atoms with Gasteiger partial charge in [-0.25, -0.2) is 9.59 Å². The highest BCUT2D eigenvalue weighted by Gasteiger charge is 2.54. The minimum absolute atomic E-state index is 0. The normalized spacial score (nSPS) is 17.4. The van der Waals surface area contributed by atoms with E-state index < -0.39 is 56.2 Å². The number of rotatable bonds is 12. The Kier molecular flexibility index (Phi) is 20.2. The fraction of sp³-hybridized carbons (Fsp3) is 0.659. The van der Waals surface area contributed by atoms with Gasteiger partial charge in [0.05, 0.1) is 37.6 Å². The van der Waals surface area contributed by atoms with Gasteiger partial charge in [-0.05, 0) is 88.9 Å². The fourth-order valence-corrected chi connectivity index (χ4v) is 7.59. The Hall–Kier alpha value is -2.06. The van der Waals surface area contributed by atoms with Gasteiger partial charge >= 0.3 is 12.2 Å². The van der Waals surface area contributed by atoms with Crippen molar-refractivity contribution in [3.05, 3.63) is 71.8 Å². The van der Waals surface area contributed by atoms with Gasteiger partial charge in [-0.1, -0.05) is 102 Å². The first-order valence-electron chi connectivity index (χ1n) is 19.0. The minimum atomic E-state index is -3.81. The van der Waals surface area contributed by atoms with Crippen LogP contribution < -0.4 is 5.32 Å². The highest BCUT2D eigenvalue weighted by atomic mass is 32.2. The van der Waals surface area contributed by atoms with Crippen molar-refractivity contribution in [3.8, 4) is 0 Å². The van der Waals surface area contributed by atoms with Crippen LogP contribution in [0.4, 0.5) is 9.59 Å². The third-order valence-corrected chi connectivity index (χ3v) is 19.6. The third-order valence-electron chi connectivity index (χ3n) is 10.0. The summed E-state index contributed by atoms with van der Waals surface area (Å²) >= 11 is 0. The number of alkyl carbamates (subject to hydrolysis) is 1. The molecule has 3 rings (SSSR count). The molecule has 2 aromatic carbocycles. The number of carbonyl (C=O) groups excluding carboxylic acids is 2. The molecule has 2 aromatic rings. The van der Waals surface area contributed by atoms with Crippen LogP contribution >= 0.6 is 27.0 Å². The van der Waals surface area contributed by atoms with Crippen molar-refractivity contribution >= 4 is 65.9 Å². The van der Waals surface area contributed by atoms with E-state index in [1.54, 1.807) is 45.0 Å². The lowest BCUT2D eigenvalue weighted by Gasteiger charge is -2.38. The Morgan fingerprint density at radius 1 is 0.719 bits per heavy atom. The maximum absolute atomic E-state index is 12.6. The number of amides is 2. The molecule has 1 aliphatic rings. The third kappa shape index (κ3) is 18.4. The van der Waals surface area contributed by atoms with Crippen molar-refractivity contribution in [3.63, 3.8) is 0 Å². The minimum Gasteiger partial charge on any atom is -0.444 e. The smallest absolute Gasteiger partial charge is 0.411 e. The summed E-state index contributed by atoms with van der Waals surface area (Å²) in [5, 5.41) is 2.87.